The number of rotatable bonds is 4. The molecule has 0 fully saturated rings. The van der Waals surface area contributed by atoms with Crippen molar-refractivity contribution in [3.63, 3.8) is 0 Å². The van der Waals surface area contributed by atoms with Crippen LogP contribution in [0.4, 0.5) is 5.69 Å². The molecule has 0 aliphatic rings. The van der Waals surface area contributed by atoms with Crippen LogP contribution in [0, 0.1) is 18.3 Å². The van der Waals surface area contributed by atoms with Crippen molar-refractivity contribution < 1.29 is 4.42 Å². The summed E-state index contributed by atoms with van der Waals surface area (Å²) in [7, 11) is 0. The van der Waals surface area contributed by atoms with Gasteiger partial charge in [0.2, 0.25) is 5.89 Å². The maximum absolute atomic E-state index is 8.80. The highest BCUT2D eigenvalue weighted by atomic mass is 16.4. The van der Waals surface area contributed by atoms with Crippen LogP contribution in [0.2, 0.25) is 0 Å². The van der Waals surface area contributed by atoms with Gasteiger partial charge in [0.15, 0.2) is 0 Å². The van der Waals surface area contributed by atoms with Gasteiger partial charge in [0.1, 0.15) is 5.76 Å². The monoisotopic (exact) mass is 289 g/mol. The largest absolute Gasteiger partial charge is 0.441 e. The maximum Gasteiger partial charge on any atom is 0.226 e. The first kappa shape index (κ1) is 13.9. The van der Waals surface area contributed by atoms with Gasteiger partial charge >= 0.3 is 0 Å². The van der Waals surface area contributed by atoms with Crippen molar-refractivity contribution in [3.8, 4) is 17.5 Å². The van der Waals surface area contributed by atoms with E-state index in [4.69, 9.17) is 9.68 Å². The molecule has 0 aliphatic heterocycles. The zero-order valence-electron chi connectivity index (χ0n) is 12.2. The first-order chi connectivity index (χ1) is 10.7. The fourth-order valence-electron chi connectivity index (χ4n) is 2.15. The molecule has 0 saturated carbocycles. The summed E-state index contributed by atoms with van der Waals surface area (Å²) in [6, 6.07) is 17.6. The summed E-state index contributed by atoms with van der Waals surface area (Å²) in [5.74, 6) is 1.42. The molecule has 0 bridgehead atoms. The molecule has 0 spiro atoms. The van der Waals surface area contributed by atoms with E-state index in [0.29, 0.717) is 18.0 Å². The second kappa shape index (κ2) is 6.15. The second-order valence-electron chi connectivity index (χ2n) is 5.02. The minimum Gasteiger partial charge on any atom is -0.441 e. The fraction of sp³-hybridized carbons (Fsp3) is 0.111. The van der Waals surface area contributed by atoms with Gasteiger partial charge in [0.05, 0.1) is 17.8 Å². The van der Waals surface area contributed by atoms with Crippen molar-refractivity contribution in [1.29, 1.82) is 5.26 Å². The SMILES string of the molecule is Cc1cnc(-c2cccc(NCc3ccc(C#N)cc3)c2)o1. The number of benzene rings is 2. The zero-order valence-corrected chi connectivity index (χ0v) is 12.2. The molecule has 4 heteroatoms. The van der Waals surface area contributed by atoms with Gasteiger partial charge in [-0.3, -0.25) is 0 Å². The normalized spacial score (nSPS) is 10.2. The molecule has 2 aromatic carbocycles. The van der Waals surface area contributed by atoms with E-state index in [1.807, 2.05) is 55.5 Å². The van der Waals surface area contributed by atoms with Gasteiger partial charge in [-0.2, -0.15) is 5.26 Å². The van der Waals surface area contributed by atoms with Crippen molar-refractivity contribution in [2.75, 3.05) is 5.32 Å². The van der Waals surface area contributed by atoms with Crippen LogP contribution in [0.5, 0.6) is 0 Å². The Morgan fingerprint density at radius 3 is 2.68 bits per heavy atom. The van der Waals surface area contributed by atoms with E-state index in [0.717, 1.165) is 22.6 Å². The average Bonchev–Trinajstić information content (AvgIpc) is 3.00. The van der Waals surface area contributed by atoms with Crippen LogP contribution < -0.4 is 5.32 Å². The van der Waals surface area contributed by atoms with Gasteiger partial charge < -0.3 is 9.73 Å². The number of hydrogen-bond donors (Lipinski definition) is 1. The molecule has 108 valence electrons. The van der Waals surface area contributed by atoms with Crippen LogP contribution in [-0.4, -0.2) is 4.98 Å². The number of nitrogens with one attached hydrogen (secondary N) is 1. The minimum atomic E-state index is 0.625. The molecule has 0 amide bonds. The summed E-state index contributed by atoms with van der Waals surface area (Å²) in [6.07, 6.45) is 1.71. The van der Waals surface area contributed by atoms with Gasteiger partial charge in [0, 0.05) is 17.8 Å². The zero-order chi connectivity index (χ0) is 15.4. The van der Waals surface area contributed by atoms with E-state index in [-0.39, 0.29) is 0 Å². The Morgan fingerprint density at radius 1 is 1.18 bits per heavy atom. The Morgan fingerprint density at radius 2 is 2.00 bits per heavy atom. The third kappa shape index (κ3) is 3.15. The van der Waals surface area contributed by atoms with Gasteiger partial charge in [0.25, 0.3) is 0 Å². The van der Waals surface area contributed by atoms with Crippen molar-refractivity contribution in [1.82, 2.24) is 4.98 Å². The summed E-state index contributed by atoms with van der Waals surface area (Å²) >= 11 is 0. The van der Waals surface area contributed by atoms with Gasteiger partial charge in [-0.25, -0.2) is 4.98 Å². The predicted octanol–water partition coefficient (Wildman–Crippen LogP) is 4.13. The van der Waals surface area contributed by atoms with Gasteiger partial charge in [-0.15, -0.1) is 0 Å². The molecule has 4 nitrogen and oxygen atoms in total. The van der Waals surface area contributed by atoms with Crippen LogP contribution in [0.15, 0.2) is 59.1 Å². The minimum absolute atomic E-state index is 0.625. The summed E-state index contributed by atoms with van der Waals surface area (Å²) in [4.78, 5) is 4.24. The highest BCUT2D eigenvalue weighted by Crippen LogP contribution is 2.22. The Labute approximate surface area is 129 Å². The van der Waals surface area contributed by atoms with Crippen LogP contribution in [0.1, 0.15) is 16.9 Å². The maximum atomic E-state index is 8.80. The summed E-state index contributed by atoms with van der Waals surface area (Å²) in [6.45, 7) is 2.57. The Kier molecular flexibility index (Phi) is 3.88. The van der Waals surface area contributed by atoms with Crippen molar-refractivity contribution in [3.05, 3.63) is 71.6 Å². The summed E-state index contributed by atoms with van der Waals surface area (Å²) in [5, 5.41) is 12.2. The van der Waals surface area contributed by atoms with E-state index in [1.54, 1.807) is 6.20 Å². The highest BCUT2D eigenvalue weighted by Gasteiger charge is 2.05. The molecule has 3 aromatic rings. The second-order valence-corrected chi connectivity index (χ2v) is 5.02. The van der Waals surface area contributed by atoms with Crippen molar-refractivity contribution in [2.45, 2.75) is 13.5 Å². The number of nitrogens with zero attached hydrogens (tertiary/aromatic N) is 2. The lowest BCUT2D eigenvalue weighted by Crippen LogP contribution is -1.99. The van der Waals surface area contributed by atoms with Gasteiger partial charge in [-0.1, -0.05) is 18.2 Å². The smallest absolute Gasteiger partial charge is 0.226 e. The van der Waals surface area contributed by atoms with E-state index >= 15 is 0 Å². The molecule has 0 aliphatic carbocycles. The number of anilines is 1. The first-order valence-electron chi connectivity index (χ1n) is 7.00. The standard InChI is InChI=1S/C18H15N3O/c1-13-11-21-18(22-13)16-3-2-4-17(9-16)20-12-15-7-5-14(10-19)6-8-15/h2-9,11,20H,12H2,1H3. The topological polar surface area (TPSA) is 61.9 Å². The number of aryl methyl sites for hydroxylation is 1. The van der Waals surface area contributed by atoms with Crippen LogP contribution in [-0.2, 0) is 6.54 Å². The fourth-order valence-corrected chi connectivity index (χ4v) is 2.15. The van der Waals surface area contributed by atoms with E-state index < -0.39 is 0 Å². The van der Waals surface area contributed by atoms with Crippen LogP contribution >= 0.6 is 0 Å². The molecule has 3 rings (SSSR count). The highest BCUT2D eigenvalue weighted by molar-refractivity contribution is 5.61. The first-order valence-corrected chi connectivity index (χ1v) is 7.00. The van der Waals surface area contributed by atoms with Crippen molar-refractivity contribution >= 4 is 5.69 Å². The molecule has 1 N–H and O–H groups in total. The molecule has 0 saturated heterocycles. The van der Waals surface area contributed by atoms with Crippen LogP contribution in [0.3, 0.4) is 0 Å². The predicted molar refractivity (Wildman–Crippen MR) is 85.2 cm³/mol. The molecule has 0 atom stereocenters. The molecule has 0 unspecified atom stereocenters. The molecule has 1 aromatic heterocycles. The Bertz CT molecular complexity index is 813. The van der Waals surface area contributed by atoms with Crippen molar-refractivity contribution in [2.24, 2.45) is 0 Å². The number of aromatic nitrogens is 1. The molecular formula is C18H15N3O. The Balaban J connectivity index is 1.71. The van der Waals surface area contributed by atoms with Gasteiger partial charge in [-0.05, 0) is 42.8 Å². The molecule has 22 heavy (non-hydrogen) atoms. The number of hydrogen-bond acceptors (Lipinski definition) is 4. The number of nitriles is 1. The Hall–Kier alpha value is -3.06. The summed E-state index contributed by atoms with van der Waals surface area (Å²) < 4.78 is 5.54. The van der Waals surface area contributed by atoms with E-state index in [1.165, 1.54) is 0 Å². The number of oxazole rings is 1. The lowest BCUT2D eigenvalue weighted by Gasteiger charge is -2.07. The molecule has 0 radical (unpaired) electrons. The van der Waals surface area contributed by atoms with Crippen LogP contribution in [0.25, 0.3) is 11.5 Å². The lowest BCUT2D eigenvalue weighted by molar-refractivity contribution is 0.542. The lowest BCUT2D eigenvalue weighted by atomic mass is 10.1. The van der Waals surface area contributed by atoms with E-state index in [2.05, 4.69) is 16.4 Å². The average molecular weight is 289 g/mol. The summed E-state index contributed by atoms with van der Waals surface area (Å²) in [5.41, 5.74) is 3.73. The third-order valence-corrected chi connectivity index (χ3v) is 3.31. The molecular weight excluding hydrogens is 274 g/mol. The molecule has 1 heterocycles. The quantitative estimate of drug-likeness (QED) is 0.784. The van der Waals surface area contributed by atoms with E-state index in [9.17, 15) is 0 Å². The third-order valence-electron chi connectivity index (χ3n) is 3.31.